The molecular weight excluding hydrogens is 223 g/mol. The minimum Gasteiger partial charge on any atom is -0.399 e. The zero-order valence-electron chi connectivity index (χ0n) is 9.40. The van der Waals surface area contributed by atoms with E-state index >= 15 is 0 Å². The van der Waals surface area contributed by atoms with Gasteiger partial charge >= 0.3 is 0 Å². The number of carbonyl (C=O) groups excluding carboxylic acids is 1. The van der Waals surface area contributed by atoms with Crippen LogP contribution in [0.3, 0.4) is 0 Å². The Kier molecular flexibility index (Phi) is 3.28. The Balaban J connectivity index is 2.27. The minimum absolute atomic E-state index is 0.0228. The molecule has 0 bridgehead atoms. The largest absolute Gasteiger partial charge is 0.399 e. The number of amides is 1. The van der Waals surface area contributed by atoms with Crippen LogP contribution in [0, 0.1) is 5.82 Å². The topological polar surface area (TPSA) is 66.6 Å². The van der Waals surface area contributed by atoms with Crippen molar-refractivity contribution in [3.63, 3.8) is 0 Å². The van der Waals surface area contributed by atoms with E-state index in [1.807, 2.05) is 0 Å². The number of nitrogen functional groups attached to an aromatic ring is 1. The molecule has 1 aromatic carbocycles. The number of nitrogens with two attached hydrogens (primary N) is 1. The number of rotatable bonds is 2. The lowest BCUT2D eigenvalue weighted by atomic mass is 10.1. The Bertz CT molecular complexity index is 437. The van der Waals surface area contributed by atoms with E-state index in [4.69, 9.17) is 10.8 Å². The van der Waals surface area contributed by atoms with Crippen LogP contribution in [0.15, 0.2) is 18.2 Å². The summed E-state index contributed by atoms with van der Waals surface area (Å²) in [5.41, 5.74) is 5.88. The van der Waals surface area contributed by atoms with Crippen molar-refractivity contribution < 1.29 is 14.3 Å². The number of halogens is 1. The number of benzene rings is 1. The number of anilines is 1. The van der Waals surface area contributed by atoms with Crippen molar-refractivity contribution in [3.8, 4) is 0 Å². The van der Waals surface area contributed by atoms with Gasteiger partial charge in [0.05, 0.1) is 18.2 Å². The molecule has 1 unspecified atom stereocenters. The second-order valence-corrected chi connectivity index (χ2v) is 4.22. The maximum Gasteiger partial charge on any atom is 0.257 e. The number of hydrogen-bond acceptors (Lipinski definition) is 3. The molecule has 1 aromatic rings. The molecule has 1 aliphatic rings. The van der Waals surface area contributed by atoms with Crippen LogP contribution < -0.4 is 5.73 Å². The third kappa shape index (κ3) is 2.24. The molecule has 1 fully saturated rings. The smallest absolute Gasteiger partial charge is 0.257 e. The molecule has 3 N–H and O–H groups in total. The normalized spacial score (nSPS) is 19.6. The number of nitrogens with zero attached hydrogens (tertiary/aromatic N) is 1. The third-order valence-corrected chi connectivity index (χ3v) is 3.07. The van der Waals surface area contributed by atoms with Crippen molar-refractivity contribution in [2.45, 2.75) is 18.9 Å². The van der Waals surface area contributed by atoms with Gasteiger partial charge in [0, 0.05) is 12.2 Å². The Morgan fingerprint density at radius 3 is 3.06 bits per heavy atom. The highest BCUT2D eigenvalue weighted by atomic mass is 19.1. The fourth-order valence-electron chi connectivity index (χ4n) is 2.15. The molecule has 0 aromatic heterocycles. The fourth-order valence-corrected chi connectivity index (χ4v) is 2.15. The van der Waals surface area contributed by atoms with Crippen LogP contribution in [0.4, 0.5) is 10.1 Å². The monoisotopic (exact) mass is 238 g/mol. The van der Waals surface area contributed by atoms with E-state index in [1.54, 1.807) is 0 Å². The van der Waals surface area contributed by atoms with E-state index in [0.29, 0.717) is 12.2 Å². The molecule has 1 amide bonds. The number of aliphatic hydroxyl groups excluding tert-OH is 1. The molecule has 1 heterocycles. The first-order valence-corrected chi connectivity index (χ1v) is 5.60. The highest BCUT2D eigenvalue weighted by Gasteiger charge is 2.30. The maximum atomic E-state index is 13.5. The SMILES string of the molecule is Nc1ccc(F)c(C(=O)N2CCCC2CO)c1. The average Bonchev–Trinajstić information content (AvgIpc) is 2.79. The van der Waals surface area contributed by atoms with E-state index in [-0.39, 0.29) is 18.2 Å². The van der Waals surface area contributed by atoms with Gasteiger partial charge in [0.15, 0.2) is 0 Å². The van der Waals surface area contributed by atoms with Gasteiger partial charge in [-0.25, -0.2) is 4.39 Å². The second-order valence-electron chi connectivity index (χ2n) is 4.22. The number of aliphatic hydroxyl groups is 1. The van der Waals surface area contributed by atoms with Crippen LogP contribution >= 0.6 is 0 Å². The molecule has 1 saturated heterocycles. The van der Waals surface area contributed by atoms with Crippen LogP contribution in [0.1, 0.15) is 23.2 Å². The van der Waals surface area contributed by atoms with Crippen molar-refractivity contribution in [1.29, 1.82) is 0 Å². The highest BCUT2D eigenvalue weighted by Crippen LogP contribution is 2.22. The molecule has 1 aliphatic heterocycles. The number of carbonyl (C=O) groups is 1. The first kappa shape index (κ1) is 11.9. The summed E-state index contributed by atoms with van der Waals surface area (Å²) in [5.74, 6) is -0.973. The van der Waals surface area contributed by atoms with E-state index in [9.17, 15) is 9.18 Å². The predicted molar refractivity (Wildman–Crippen MR) is 62.0 cm³/mol. The van der Waals surface area contributed by atoms with Gasteiger partial charge in [-0.2, -0.15) is 0 Å². The first-order valence-electron chi connectivity index (χ1n) is 5.60. The lowest BCUT2D eigenvalue weighted by molar-refractivity contribution is 0.0673. The Hall–Kier alpha value is -1.62. The molecule has 1 atom stereocenters. The van der Waals surface area contributed by atoms with E-state index in [1.165, 1.54) is 23.1 Å². The lowest BCUT2D eigenvalue weighted by Crippen LogP contribution is -2.38. The average molecular weight is 238 g/mol. The number of likely N-dealkylation sites (tertiary alicyclic amines) is 1. The van der Waals surface area contributed by atoms with Gasteiger partial charge in [0.1, 0.15) is 5.82 Å². The Morgan fingerprint density at radius 2 is 2.35 bits per heavy atom. The minimum atomic E-state index is -0.576. The Morgan fingerprint density at radius 1 is 1.59 bits per heavy atom. The van der Waals surface area contributed by atoms with Gasteiger partial charge < -0.3 is 15.7 Å². The van der Waals surface area contributed by atoms with Crippen LogP contribution in [0.2, 0.25) is 0 Å². The van der Waals surface area contributed by atoms with Crippen molar-refractivity contribution in [3.05, 3.63) is 29.6 Å². The van der Waals surface area contributed by atoms with Crippen LogP contribution in [0.25, 0.3) is 0 Å². The molecule has 92 valence electrons. The summed E-state index contributed by atoms with van der Waals surface area (Å²) in [4.78, 5) is 13.6. The molecule has 0 spiro atoms. The quantitative estimate of drug-likeness (QED) is 0.755. The third-order valence-electron chi connectivity index (χ3n) is 3.07. The summed E-state index contributed by atoms with van der Waals surface area (Å²) in [6.45, 7) is 0.466. The van der Waals surface area contributed by atoms with Crippen molar-refractivity contribution in [2.24, 2.45) is 0 Å². The summed E-state index contributed by atoms with van der Waals surface area (Å²) >= 11 is 0. The van der Waals surface area contributed by atoms with Crippen molar-refractivity contribution in [2.75, 3.05) is 18.9 Å². The fraction of sp³-hybridized carbons (Fsp3) is 0.417. The van der Waals surface area contributed by atoms with E-state index < -0.39 is 11.7 Å². The standard InChI is InChI=1S/C12H15FN2O2/c13-11-4-3-8(14)6-10(11)12(17)15-5-1-2-9(15)7-16/h3-4,6,9,16H,1-2,5,7,14H2. The van der Waals surface area contributed by atoms with Gasteiger partial charge in [-0.05, 0) is 31.0 Å². The highest BCUT2D eigenvalue weighted by molar-refractivity contribution is 5.95. The van der Waals surface area contributed by atoms with Gasteiger partial charge in [-0.3, -0.25) is 4.79 Å². The van der Waals surface area contributed by atoms with Gasteiger partial charge in [-0.1, -0.05) is 0 Å². The summed E-state index contributed by atoms with van der Waals surface area (Å²) in [6.07, 6.45) is 1.59. The molecule has 0 saturated carbocycles. The second kappa shape index (κ2) is 4.71. The van der Waals surface area contributed by atoms with Crippen molar-refractivity contribution in [1.82, 2.24) is 4.90 Å². The van der Waals surface area contributed by atoms with Crippen LogP contribution in [-0.2, 0) is 0 Å². The zero-order valence-corrected chi connectivity index (χ0v) is 9.40. The molecule has 2 rings (SSSR count). The maximum absolute atomic E-state index is 13.5. The summed E-state index contributed by atoms with van der Waals surface area (Å²) in [5, 5.41) is 9.14. The van der Waals surface area contributed by atoms with Crippen LogP contribution in [0.5, 0.6) is 0 Å². The van der Waals surface area contributed by atoms with Gasteiger partial charge in [-0.15, -0.1) is 0 Å². The van der Waals surface area contributed by atoms with Crippen molar-refractivity contribution >= 4 is 11.6 Å². The van der Waals surface area contributed by atoms with E-state index in [2.05, 4.69) is 0 Å². The number of hydrogen-bond donors (Lipinski definition) is 2. The molecule has 4 nitrogen and oxygen atoms in total. The summed E-state index contributed by atoms with van der Waals surface area (Å²) in [6, 6.07) is 3.74. The predicted octanol–water partition coefficient (Wildman–Crippen LogP) is 1.00. The summed E-state index contributed by atoms with van der Waals surface area (Å²) < 4.78 is 13.5. The molecular formula is C12H15FN2O2. The lowest BCUT2D eigenvalue weighted by Gasteiger charge is -2.23. The molecule has 0 radical (unpaired) electrons. The molecule has 0 aliphatic carbocycles. The Labute approximate surface area is 98.8 Å². The molecule has 5 heteroatoms. The molecule has 17 heavy (non-hydrogen) atoms. The van der Waals surface area contributed by atoms with E-state index in [0.717, 1.165) is 12.8 Å². The zero-order chi connectivity index (χ0) is 12.4. The van der Waals surface area contributed by atoms with Gasteiger partial charge in [0.25, 0.3) is 5.91 Å². The van der Waals surface area contributed by atoms with Gasteiger partial charge in [0.2, 0.25) is 0 Å². The summed E-state index contributed by atoms with van der Waals surface area (Å²) in [7, 11) is 0. The van der Waals surface area contributed by atoms with Crippen LogP contribution in [-0.4, -0.2) is 35.1 Å². The first-order chi connectivity index (χ1) is 8.13.